The second-order valence-corrected chi connectivity index (χ2v) is 14.4. The quantitative estimate of drug-likeness (QED) is 0.179. The second-order valence-electron chi connectivity index (χ2n) is 14.4. The topological polar surface area (TPSA) is 4.93 Å². The minimum Gasteiger partial charge on any atom is -0.309 e. The van der Waals surface area contributed by atoms with E-state index in [4.69, 9.17) is 0 Å². The molecule has 1 nitrogen and oxygen atoms in total. The summed E-state index contributed by atoms with van der Waals surface area (Å²) in [6.45, 7) is 0. The van der Waals surface area contributed by atoms with Crippen LogP contribution in [0.25, 0.3) is 77.6 Å². The van der Waals surface area contributed by atoms with Gasteiger partial charge in [-0.05, 0) is 153 Å². The van der Waals surface area contributed by atoms with Gasteiger partial charge >= 0.3 is 0 Å². The summed E-state index contributed by atoms with van der Waals surface area (Å²) in [6, 6.07) is 56.8. The summed E-state index contributed by atoms with van der Waals surface area (Å²) in [5.41, 5.74) is 22.8. The van der Waals surface area contributed by atoms with Crippen LogP contribution in [0.3, 0.4) is 0 Å². The van der Waals surface area contributed by atoms with Crippen molar-refractivity contribution in [3.63, 3.8) is 0 Å². The van der Waals surface area contributed by atoms with Crippen molar-refractivity contribution in [1.82, 2.24) is 4.57 Å². The van der Waals surface area contributed by atoms with Crippen molar-refractivity contribution in [2.75, 3.05) is 0 Å². The van der Waals surface area contributed by atoms with Crippen molar-refractivity contribution in [3.05, 3.63) is 192 Å². The molecule has 0 aliphatic heterocycles. The molecular formula is C50H35N. The number of allylic oxidation sites excluding steroid dienone is 4. The zero-order valence-electron chi connectivity index (χ0n) is 28.4. The third kappa shape index (κ3) is 4.55. The number of aromatic nitrogens is 1. The van der Waals surface area contributed by atoms with Crippen LogP contribution in [0.1, 0.15) is 35.1 Å². The standard InChI is InChI=1S/C50H35N/c1-2-12-42(13-3-1)51-49-16-7-6-15-44(49)48-31-37(23-24-50(48)51)36-19-22-41-27-40-21-18-35(29-46(40)47(41)30-36)33-11-8-10-32(25-33)34-17-20-39-26-38-9-4-5-14-43(38)45(39)28-34/h1-3,5-8,10-25,28-31H,4,9,26-27H2. The van der Waals surface area contributed by atoms with Gasteiger partial charge in [-0.2, -0.15) is 0 Å². The maximum Gasteiger partial charge on any atom is 0.0541 e. The maximum atomic E-state index is 2.42. The average Bonchev–Trinajstić information content (AvgIpc) is 3.86. The van der Waals surface area contributed by atoms with E-state index in [1.54, 1.807) is 5.57 Å². The van der Waals surface area contributed by atoms with E-state index in [1.165, 1.54) is 113 Å². The molecule has 1 heterocycles. The van der Waals surface area contributed by atoms with Crippen LogP contribution in [-0.4, -0.2) is 4.57 Å². The summed E-state index contributed by atoms with van der Waals surface area (Å²) in [5.74, 6) is 0. The first-order valence-corrected chi connectivity index (χ1v) is 18.2. The molecule has 3 aliphatic rings. The second kappa shape index (κ2) is 11.2. The zero-order valence-corrected chi connectivity index (χ0v) is 28.4. The minimum absolute atomic E-state index is 0.982. The van der Waals surface area contributed by atoms with Crippen LogP contribution >= 0.6 is 0 Å². The van der Waals surface area contributed by atoms with Gasteiger partial charge in [-0.1, -0.05) is 115 Å². The van der Waals surface area contributed by atoms with Crippen LogP contribution in [0, 0.1) is 0 Å². The van der Waals surface area contributed by atoms with Crippen molar-refractivity contribution in [2.24, 2.45) is 0 Å². The van der Waals surface area contributed by atoms with Crippen molar-refractivity contribution in [2.45, 2.75) is 25.7 Å². The first-order chi connectivity index (χ1) is 25.2. The van der Waals surface area contributed by atoms with Gasteiger partial charge in [0.25, 0.3) is 0 Å². The molecule has 240 valence electrons. The van der Waals surface area contributed by atoms with E-state index in [0.29, 0.717) is 0 Å². The van der Waals surface area contributed by atoms with Crippen LogP contribution in [0.5, 0.6) is 0 Å². The molecule has 1 aromatic heterocycles. The van der Waals surface area contributed by atoms with E-state index in [2.05, 4.69) is 168 Å². The number of rotatable bonds is 4. The Labute approximate surface area is 298 Å². The van der Waals surface area contributed by atoms with Gasteiger partial charge in [0.15, 0.2) is 0 Å². The molecule has 0 fully saturated rings. The Morgan fingerprint density at radius 3 is 1.75 bits per heavy atom. The highest BCUT2D eigenvalue weighted by molar-refractivity contribution is 6.10. The van der Waals surface area contributed by atoms with Gasteiger partial charge in [0.05, 0.1) is 11.0 Å². The Bertz CT molecular complexity index is 2790. The molecule has 8 aromatic rings. The fraction of sp³-hybridized carbons (Fsp3) is 0.0800. The molecule has 0 spiro atoms. The summed E-state index contributed by atoms with van der Waals surface area (Å²) in [5, 5.41) is 2.56. The lowest BCUT2D eigenvalue weighted by Gasteiger charge is -2.11. The Balaban J connectivity index is 0.960. The third-order valence-electron chi connectivity index (χ3n) is 11.5. The lowest BCUT2D eigenvalue weighted by Crippen LogP contribution is -1.92. The van der Waals surface area contributed by atoms with Crippen molar-refractivity contribution in [1.29, 1.82) is 0 Å². The number of nitrogens with zero attached hydrogens (tertiary/aromatic N) is 1. The molecule has 0 saturated carbocycles. The summed E-state index contributed by atoms with van der Waals surface area (Å²) >= 11 is 0. The molecule has 11 rings (SSSR count). The zero-order chi connectivity index (χ0) is 33.5. The molecule has 1 heteroatoms. The fourth-order valence-electron chi connectivity index (χ4n) is 8.98. The van der Waals surface area contributed by atoms with Gasteiger partial charge in [-0.3, -0.25) is 0 Å². The smallest absolute Gasteiger partial charge is 0.0541 e. The van der Waals surface area contributed by atoms with Gasteiger partial charge in [-0.15, -0.1) is 0 Å². The number of hydrogen-bond donors (Lipinski definition) is 0. The highest BCUT2D eigenvalue weighted by Crippen LogP contribution is 2.44. The lowest BCUT2D eigenvalue weighted by atomic mass is 9.93. The molecule has 0 radical (unpaired) electrons. The van der Waals surface area contributed by atoms with Gasteiger partial charge < -0.3 is 4.57 Å². The normalized spacial score (nSPS) is 14.2. The van der Waals surface area contributed by atoms with E-state index < -0.39 is 0 Å². The first kappa shape index (κ1) is 28.6. The van der Waals surface area contributed by atoms with Crippen molar-refractivity contribution >= 4 is 27.4 Å². The van der Waals surface area contributed by atoms with E-state index in [-0.39, 0.29) is 0 Å². The lowest BCUT2D eigenvalue weighted by molar-refractivity contribution is 0.935. The van der Waals surface area contributed by atoms with Crippen molar-refractivity contribution < 1.29 is 0 Å². The Kier molecular flexibility index (Phi) is 6.27. The van der Waals surface area contributed by atoms with E-state index in [9.17, 15) is 0 Å². The molecule has 0 unspecified atom stereocenters. The van der Waals surface area contributed by atoms with Crippen LogP contribution in [0.2, 0.25) is 0 Å². The third-order valence-corrected chi connectivity index (χ3v) is 11.5. The largest absolute Gasteiger partial charge is 0.309 e. The average molecular weight is 650 g/mol. The number of fused-ring (bicyclic) bond motifs is 8. The highest BCUT2D eigenvalue weighted by atomic mass is 15.0. The molecule has 0 amide bonds. The van der Waals surface area contributed by atoms with E-state index in [1.807, 2.05) is 0 Å². The van der Waals surface area contributed by atoms with Crippen LogP contribution < -0.4 is 0 Å². The Morgan fingerprint density at radius 1 is 0.412 bits per heavy atom. The first-order valence-electron chi connectivity index (χ1n) is 18.2. The maximum absolute atomic E-state index is 2.42. The van der Waals surface area contributed by atoms with E-state index >= 15 is 0 Å². The predicted octanol–water partition coefficient (Wildman–Crippen LogP) is 13.0. The minimum atomic E-state index is 0.982. The monoisotopic (exact) mass is 649 g/mol. The molecule has 3 aliphatic carbocycles. The molecular weight excluding hydrogens is 615 g/mol. The fourth-order valence-corrected chi connectivity index (χ4v) is 8.98. The van der Waals surface area contributed by atoms with Crippen molar-refractivity contribution in [3.8, 4) is 50.2 Å². The van der Waals surface area contributed by atoms with Crippen LogP contribution in [0.4, 0.5) is 0 Å². The summed E-state index contributed by atoms with van der Waals surface area (Å²) in [7, 11) is 0. The molecule has 0 saturated heterocycles. The molecule has 0 atom stereocenters. The van der Waals surface area contributed by atoms with Crippen LogP contribution in [-0.2, 0) is 12.8 Å². The molecule has 0 bridgehead atoms. The van der Waals surface area contributed by atoms with Crippen LogP contribution in [0.15, 0.2) is 169 Å². The van der Waals surface area contributed by atoms with Gasteiger partial charge in [0.1, 0.15) is 0 Å². The highest BCUT2D eigenvalue weighted by Gasteiger charge is 2.23. The van der Waals surface area contributed by atoms with Gasteiger partial charge in [0, 0.05) is 16.5 Å². The summed E-state index contributed by atoms with van der Waals surface area (Å²) in [4.78, 5) is 0. The number of benzene rings is 7. The number of hydrogen-bond acceptors (Lipinski definition) is 0. The summed E-state index contributed by atoms with van der Waals surface area (Å²) in [6.07, 6.45) is 9.15. The number of para-hydroxylation sites is 2. The van der Waals surface area contributed by atoms with E-state index in [0.717, 1.165) is 12.8 Å². The van der Waals surface area contributed by atoms with Gasteiger partial charge in [0.2, 0.25) is 0 Å². The Hall–Kier alpha value is -6.18. The van der Waals surface area contributed by atoms with Gasteiger partial charge in [-0.25, -0.2) is 0 Å². The molecule has 7 aromatic carbocycles. The predicted molar refractivity (Wildman–Crippen MR) is 214 cm³/mol. The SMILES string of the molecule is C1=CC2=C(CC1)Cc1ccc(-c3cccc(-c4ccc5c(c4)-c4cc(-c6ccc7c(c6)c6ccccc6n7-c6ccccc6)ccc4C5)c3)cc12. The molecule has 0 N–H and O–H groups in total. The summed E-state index contributed by atoms with van der Waals surface area (Å²) < 4.78 is 2.38. The molecule has 51 heavy (non-hydrogen) atoms. The Morgan fingerprint density at radius 2 is 1.00 bits per heavy atom.